The van der Waals surface area contributed by atoms with Crippen LogP contribution in [0.15, 0.2) is 182 Å². The third-order valence-electron chi connectivity index (χ3n) is 11.5. The van der Waals surface area contributed by atoms with Crippen LogP contribution in [0.5, 0.6) is 0 Å². The molecule has 2 fully saturated rings. The minimum Gasteiger partial charge on any atom is -0.394 e. The second-order valence-electron chi connectivity index (χ2n) is 16.2. The SMILES string of the molecule is OC[C@H]1O[C@@](COCc2ccccc2)(O[C@H]2O[C@H](CO)[C@@H](OCc3ccccc3)[C@H](OCc3ccccc3)[C@H]2OCc2ccccc2)[C@@H](OCc2ccccc2)[C@@H]1OCc1ccccc1. The summed E-state index contributed by atoms with van der Waals surface area (Å²) in [7, 11) is 0. The topological polar surface area (TPSA) is 124 Å². The molecule has 6 aromatic rings. The molecule has 6 aromatic carbocycles. The molecule has 11 nitrogen and oxygen atoms in total. The molecule has 0 radical (unpaired) electrons. The smallest absolute Gasteiger partial charge is 0.224 e. The van der Waals surface area contributed by atoms with E-state index < -0.39 is 68.0 Å². The fourth-order valence-electron chi connectivity index (χ4n) is 8.23. The summed E-state index contributed by atoms with van der Waals surface area (Å²) in [6, 6.07) is 58.8. The van der Waals surface area contributed by atoms with Crippen molar-refractivity contribution in [3.05, 3.63) is 215 Å². The molecule has 0 aromatic heterocycles. The van der Waals surface area contributed by atoms with E-state index in [-0.39, 0.29) is 46.2 Å². The highest BCUT2D eigenvalue weighted by molar-refractivity contribution is 5.18. The Morgan fingerprint density at radius 2 is 0.738 bits per heavy atom. The molecule has 0 amide bonds. The first-order chi connectivity index (χ1) is 32.1. The molecule has 11 heteroatoms. The van der Waals surface area contributed by atoms with Gasteiger partial charge >= 0.3 is 0 Å². The van der Waals surface area contributed by atoms with Crippen LogP contribution in [-0.4, -0.2) is 84.8 Å². The van der Waals surface area contributed by atoms with Crippen molar-refractivity contribution < 1.29 is 52.8 Å². The van der Waals surface area contributed by atoms with Crippen molar-refractivity contribution in [1.82, 2.24) is 0 Å². The molecule has 0 unspecified atom stereocenters. The normalized spacial score (nSPS) is 25.4. The van der Waals surface area contributed by atoms with Crippen molar-refractivity contribution in [2.75, 3.05) is 19.8 Å². The van der Waals surface area contributed by atoms with Gasteiger partial charge < -0.3 is 52.8 Å². The molecule has 0 bridgehead atoms. The fourth-order valence-corrected chi connectivity index (χ4v) is 8.23. The zero-order chi connectivity index (χ0) is 44.5. The van der Waals surface area contributed by atoms with Crippen molar-refractivity contribution in [1.29, 1.82) is 0 Å². The minimum absolute atomic E-state index is 0.165. The van der Waals surface area contributed by atoms with Crippen molar-refractivity contribution >= 4 is 0 Å². The number of hydrogen-bond donors (Lipinski definition) is 2. The van der Waals surface area contributed by atoms with Gasteiger partial charge in [-0.05, 0) is 33.4 Å². The molecule has 8 rings (SSSR count). The zero-order valence-electron chi connectivity index (χ0n) is 36.4. The van der Waals surface area contributed by atoms with E-state index in [1.54, 1.807) is 0 Å². The van der Waals surface area contributed by atoms with E-state index in [2.05, 4.69) is 0 Å². The van der Waals surface area contributed by atoms with Gasteiger partial charge in [-0.2, -0.15) is 0 Å². The number of benzene rings is 6. The van der Waals surface area contributed by atoms with Gasteiger partial charge in [-0.15, -0.1) is 0 Å². The summed E-state index contributed by atoms with van der Waals surface area (Å²) in [5.74, 6) is -1.76. The Balaban J connectivity index is 1.18. The second kappa shape index (κ2) is 23.9. The van der Waals surface area contributed by atoms with Crippen molar-refractivity contribution in [2.24, 2.45) is 0 Å². The predicted octanol–water partition coefficient (Wildman–Crippen LogP) is 7.95. The number of aliphatic hydroxyl groups excluding tert-OH is 2. The van der Waals surface area contributed by atoms with E-state index in [0.717, 1.165) is 33.4 Å². The number of rotatable bonds is 23. The molecule has 2 heterocycles. The first kappa shape index (κ1) is 46.4. The molecule has 2 N–H and O–H groups in total. The van der Waals surface area contributed by atoms with E-state index in [4.69, 9.17) is 42.6 Å². The maximum Gasteiger partial charge on any atom is 0.224 e. The molecule has 0 saturated carbocycles. The molecule has 0 aliphatic carbocycles. The van der Waals surface area contributed by atoms with Crippen LogP contribution in [0.2, 0.25) is 0 Å². The fraction of sp³-hybridized carbons (Fsp3) is 0.333. The molecule has 340 valence electrons. The van der Waals surface area contributed by atoms with E-state index in [0.29, 0.717) is 0 Å². The number of ether oxygens (including phenoxy) is 9. The average molecular weight is 883 g/mol. The van der Waals surface area contributed by atoms with Crippen molar-refractivity contribution in [3.63, 3.8) is 0 Å². The third-order valence-corrected chi connectivity index (χ3v) is 11.5. The van der Waals surface area contributed by atoms with Gasteiger partial charge in [0.05, 0.1) is 52.9 Å². The Morgan fingerprint density at radius 1 is 0.385 bits per heavy atom. The highest BCUT2D eigenvalue weighted by Gasteiger charge is 2.61. The molecular weight excluding hydrogens is 825 g/mol. The summed E-state index contributed by atoms with van der Waals surface area (Å²) in [6.07, 6.45) is -7.55. The molecule has 0 spiro atoms. The van der Waals surface area contributed by atoms with Crippen LogP contribution in [0.25, 0.3) is 0 Å². The molecule has 2 saturated heterocycles. The highest BCUT2D eigenvalue weighted by atomic mass is 16.8. The lowest BCUT2D eigenvalue weighted by Crippen LogP contribution is -2.64. The number of aliphatic hydroxyl groups is 2. The summed E-state index contributed by atoms with van der Waals surface area (Å²) < 4.78 is 61.5. The molecule has 2 aliphatic heterocycles. The summed E-state index contributed by atoms with van der Waals surface area (Å²) in [5, 5.41) is 22.2. The van der Waals surface area contributed by atoms with Crippen LogP contribution in [0.4, 0.5) is 0 Å². The Kier molecular flexibility index (Phi) is 17.1. The van der Waals surface area contributed by atoms with Gasteiger partial charge in [0.1, 0.15) is 49.3 Å². The van der Waals surface area contributed by atoms with Gasteiger partial charge in [0.25, 0.3) is 0 Å². The highest BCUT2D eigenvalue weighted by Crippen LogP contribution is 2.42. The van der Waals surface area contributed by atoms with E-state index in [9.17, 15) is 10.2 Å². The van der Waals surface area contributed by atoms with Crippen molar-refractivity contribution in [3.8, 4) is 0 Å². The van der Waals surface area contributed by atoms with Crippen LogP contribution in [0.1, 0.15) is 33.4 Å². The largest absolute Gasteiger partial charge is 0.394 e. The first-order valence-electron chi connectivity index (χ1n) is 22.2. The van der Waals surface area contributed by atoms with Gasteiger partial charge in [0.15, 0.2) is 6.29 Å². The van der Waals surface area contributed by atoms with Crippen LogP contribution < -0.4 is 0 Å². The van der Waals surface area contributed by atoms with Crippen LogP contribution >= 0.6 is 0 Å². The summed E-state index contributed by atoms with van der Waals surface area (Å²) in [6.45, 7) is 0.195. The van der Waals surface area contributed by atoms with Gasteiger partial charge in [-0.3, -0.25) is 0 Å². The third kappa shape index (κ3) is 12.6. The van der Waals surface area contributed by atoms with Crippen molar-refractivity contribution in [2.45, 2.75) is 94.4 Å². The van der Waals surface area contributed by atoms with Gasteiger partial charge in [0, 0.05) is 0 Å². The summed E-state index contributed by atoms with van der Waals surface area (Å²) in [4.78, 5) is 0. The Morgan fingerprint density at radius 3 is 1.15 bits per heavy atom. The van der Waals surface area contributed by atoms with E-state index in [1.165, 1.54) is 0 Å². The summed E-state index contributed by atoms with van der Waals surface area (Å²) >= 11 is 0. The van der Waals surface area contributed by atoms with E-state index in [1.807, 2.05) is 182 Å². The minimum atomic E-state index is -1.76. The van der Waals surface area contributed by atoms with Crippen LogP contribution in [-0.2, 0) is 82.3 Å². The lowest BCUT2D eigenvalue weighted by atomic mass is 9.97. The van der Waals surface area contributed by atoms with Crippen LogP contribution in [0.3, 0.4) is 0 Å². The molecule has 2 aliphatic rings. The maximum atomic E-state index is 11.1. The lowest BCUT2D eigenvalue weighted by molar-refractivity contribution is -0.398. The summed E-state index contributed by atoms with van der Waals surface area (Å²) in [5.41, 5.74) is 5.56. The second-order valence-corrected chi connectivity index (χ2v) is 16.2. The monoisotopic (exact) mass is 882 g/mol. The van der Waals surface area contributed by atoms with Crippen LogP contribution in [0, 0.1) is 0 Å². The van der Waals surface area contributed by atoms with E-state index >= 15 is 0 Å². The lowest BCUT2D eigenvalue weighted by Gasteiger charge is -2.48. The Bertz CT molecular complexity index is 2220. The van der Waals surface area contributed by atoms with Gasteiger partial charge in [-0.1, -0.05) is 182 Å². The maximum absolute atomic E-state index is 11.1. The molecule has 65 heavy (non-hydrogen) atoms. The zero-order valence-corrected chi connectivity index (χ0v) is 36.4. The Hall–Kier alpha value is -5.12. The first-order valence-corrected chi connectivity index (χ1v) is 22.2. The van der Waals surface area contributed by atoms with Gasteiger partial charge in [-0.25, -0.2) is 0 Å². The predicted molar refractivity (Wildman–Crippen MR) is 243 cm³/mol. The Labute approximate surface area is 381 Å². The molecular formula is C54H58O11. The quantitative estimate of drug-likeness (QED) is 0.0652. The van der Waals surface area contributed by atoms with Gasteiger partial charge in [0.2, 0.25) is 5.79 Å². The average Bonchev–Trinajstić information content (AvgIpc) is 3.66. The standard InChI is InChI=1S/C54H58O11/c55-31-46-48(58-34-41-21-9-2-10-22-41)50(60-36-43-25-13-4-14-26-43)51(61-37-44-27-15-5-16-28-44)53(63-46)65-54(39-57-33-40-19-7-1-8-20-40)52(62-38-45-29-17-6-18-30-45)49(47(32-56)64-54)59-35-42-23-11-3-12-24-42/h1-30,46-53,55-56H,31-39H2/t46-,47-,48-,49-,50+,51-,52+,53-,54+/m1/s1. The number of hydrogen-bond acceptors (Lipinski definition) is 11. The molecule has 9 atom stereocenters.